The first-order chi connectivity index (χ1) is 18.5. The zero-order chi connectivity index (χ0) is 26.4. The van der Waals surface area contributed by atoms with Crippen LogP contribution in [0.3, 0.4) is 0 Å². The van der Waals surface area contributed by atoms with Crippen molar-refractivity contribution in [3.8, 4) is 0 Å². The summed E-state index contributed by atoms with van der Waals surface area (Å²) in [6.07, 6.45) is 1.36. The van der Waals surface area contributed by atoms with Gasteiger partial charge in [-0.05, 0) is 47.5 Å². The summed E-state index contributed by atoms with van der Waals surface area (Å²) in [5.74, 6) is 0.683. The van der Waals surface area contributed by atoms with Crippen LogP contribution in [0.15, 0.2) is 113 Å². The number of thioether (sulfide) groups is 1. The molecule has 1 aromatic heterocycles. The molecule has 1 fully saturated rings. The molecule has 4 aromatic rings. The second-order valence-corrected chi connectivity index (χ2v) is 11.6. The first-order valence-corrected chi connectivity index (χ1v) is 14.7. The monoisotopic (exact) mass is 548 g/mol. The number of hydrogen-bond donors (Lipinski definition) is 2. The number of pyridine rings is 1. The molecule has 0 saturated carbocycles. The number of aromatic nitrogens is 1. The summed E-state index contributed by atoms with van der Waals surface area (Å²) in [5, 5.41) is 10.3. The lowest BCUT2D eigenvalue weighted by Crippen LogP contribution is -2.31. The molecule has 0 bridgehead atoms. The summed E-state index contributed by atoms with van der Waals surface area (Å²) in [4.78, 5) is 4.58. The van der Waals surface area contributed by atoms with E-state index in [4.69, 9.17) is 9.47 Å². The van der Waals surface area contributed by atoms with Gasteiger partial charge in [-0.2, -0.15) is 0 Å². The fraction of sp³-hybridized carbons (Fsp3) is 0.207. The Bertz CT molecular complexity index is 1440. The summed E-state index contributed by atoms with van der Waals surface area (Å²) < 4.78 is 41.1. The highest BCUT2D eigenvalue weighted by atomic mass is 32.2. The Labute approximate surface area is 226 Å². The van der Waals surface area contributed by atoms with Crippen molar-refractivity contribution >= 4 is 27.5 Å². The highest BCUT2D eigenvalue weighted by Gasteiger charge is 2.32. The van der Waals surface area contributed by atoms with Crippen LogP contribution in [0.1, 0.15) is 35.5 Å². The van der Waals surface area contributed by atoms with E-state index in [9.17, 15) is 13.5 Å². The Kier molecular flexibility index (Phi) is 8.41. The van der Waals surface area contributed by atoms with Crippen LogP contribution in [0.2, 0.25) is 0 Å². The molecular formula is C29H28N2O5S2. The molecular weight excluding hydrogens is 520 g/mol. The van der Waals surface area contributed by atoms with Gasteiger partial charge in [0.15, 0.2) is 6.29 Å². The van der Waals surface area contributed by atoms with Crippen LogP contribution in [-0.4, -0.2) is 30.4 Å². The van der Waals surface area contributed by atoms with Gasteiger partial charge in [0.2, 0.25) is 0 Å². The predicted molar refractivity (Wildman–Crippen MR) is 147 cm³/mol. The van der Waals surface area contributed by atoms with Crippen LogP contribution in [0.5, 0.6) is 0 Å². The topological polar surface area (TPSA) is 97.8 Å². The lowest BCUT2D eigenvalue weighted by atomic mass is 10.0. The average molecular weight is 549 g/mol. The van der Waals surface area contributed by atoms with Crippen LogP contribution in [-0.2, 0) is 26.1 Å². The van der Waals surface area contributed by atoms with Crippen molar-refractivity contribution < 1.29 is 23.0 Å². The summed E-state index contributed by atoms with van der Waals surface area (Å²) in [6, 6.07) is 28.8. The highest BCUT2D eigenvalue weighted by molar-refractivity contribution is 7.99. The normalized spacial score (nSPS) is 19.7. The van der Waals surface area contributed by atoms with Crippen LogP contribution < -0.4 is 4.72 Å². The molecule has 0 spiro atoms. The third-order valence-corrected chi connectivity index (χ3v) is 8.61. The molecule has 0 aliphatic carbocycles. The third-order valence-electron chi connectivity index (χ3n) is 6.13. The Balaban J connectivity index is 1.37. The summed E-state index contributed by atoms with van der Waals surface area (Å²) in [5.41, 5.74) is 2.96. The van der Waals surface area contributed by atoms with Crippen LogP contribution in [0, 0.1) is 0 Å². The maximum absolute atomic E-state index is 12.9. The molecule has 0 amide bonds. The number of ether oxygens (including phenoxy) is 2. The van der Waals surface area contributed by atoms with E-state index in [-0.39, 0.29) is 23.7 Å². The fourth-order valence-corrected chi connectivity index (χ4v) is 6.15. The second-order valence-electron chi connectivity index (χ2n) is 8.87. The average Bonchev–Trinajstić information content (AvgIpc) is 2.97. The van der Waals surface area contributed by atoms with Gasteiger partial charge in [0.05, 0.1) is 28.7 Å². The molecule has 9 heteroatoms. The van der Waals surface area contributed by atoms with Crippen molar-refractivity contribution in [2.24, 2.45) is 0 Å². The molecule has 1 saturated heterocycles. The molecule has 3 aromatic carbocycles. The third kappa shape index (κ3) is 6.61. The van der Waals surface area contributed by atoms with Crippen LogP contribution >= 0.6 is 11.8 Å². The van der Waals surface area contributed by atoms with E-state index >= 15 is 0 Å². The van der Waals surface area contributed by atoms with Gasteiger partial charge in [-0.1, -0.05) is 60.7 Å². The quantitative estimate of drug-likeness (QED) is 0.259. The van der Waals surface area contributed by atoms with Gasteiger partial charge in [0, 0.05) is 29.6 Å². The van der Waals surface area contributed by atoms with Crippen molar-refractivity contribution in [3.63, 3.8) is 0 Å². The number of sulfonamides is 1. The van der Waals surface area contributed by atoms with E-state index < -0.39 is 16.3 Å². The zero-order valence-corrected chi connectivity index (χ0v) is 22.1. The van der Waals surface area contributed by atoms with Crippen molar-refractivity contribution in [2.45, 2.75) is 41.4 Å². The lowest BCUT2D eigenvalue weighted by Gasteiger charge is -2.36. The molecule has 3 atom stereocenters. The lowest BCUT2D eigenvalue weighted by molar-refractivity contribution is -0.245. The molecule has 38 heavy (non-hydrogen) atoms. The van der Waals surface area contributed by atoms with Gasteiger partial charge in [0.25, 0.3) is 10.0 Å². The number of aliphatic hydroxyl groups excluding tert-OH is 1. The van der Waals surface area contributed by atoms with Gasteiger partial charge < -0.3 is 14.6 Å². The Hall–Kier alpha value is -3.21. The maximum Gasteiger partial charge on any atom is 0.261 e. The minimum atomic E-state index is -3.73. The molecule has 5 rings (SSSR count). The summed E-state index contributed by atoms with van der Waals surface area (Å²) >= 11 is 1.62. The number of nitrogens with one attached hydrogen (secondary N) is 1. The first-order valence-electron chi connectivity index (χ1n) is 12.2. The predicted octanol–water partition coefficient (Wildman–Crippen LogP) is 5.71. The van der Waals surface area contributed by atoms with E-state index in [1.807, 2.05) is 48.5 Å². The largest absolute Gasteiger partial charge is 0.392 e. The minimum Gasteiger partial charge on any atom is -0.392 e. The Morgan fingerprint density at radius 2 is 1.68 bits per heavy atom. The standard InChI is InChI=1S/C29H28N2O5S2/c32-19-21-12-14-22(15-13-21)27-18-25(20-37-28-11-4-5-16-30-28)35-29(36-27)23-7-6-8-24(17-23)31-38(33,34)26-9-2-1-3-10-26/h1-17,25,27,29,31-32H,18-20H2/t25-,27+,29+/m1/s1. The molecule has 1 aliphatic heterocycles. The van der Waals surface area contributed by atoms with E-state index in [0.717, 1.165) is 16.2 Å². The summed E-state index contributed by atoms with van der Waals surface area (Å²) in [6.45, 7) is -0.0213. The number of rotatable bonds is 9. The van der Waals surface area contributed by atoms with Crippen LogP contribution in [0.4, 0.5) is 5.69 Å². The zero-order valence-electron chi connectivity index (χ0n) is 20.5. The first kappa shape index (κ1) is 26.4. The smallest absolute Gasteiger partial charge is 0.261 e. The minimum absolute atomic E-state index is 0.0213. The molecule has 196 valence electrons. The molecule has 1 aliphatic rings. The number of anilines is 1. The van der Waals surface area contributed by atoms with Crippen molar-refractivity contribution in [3.05, 3.63) is 120 Å². The number of nitrogens with zero attached hydrogens (tertiary/aromatic N) is 1. The number of benzene rings is 3. The van der Waals surface area contributed by atoms with E-state index in [0.29, 0.717) is 23.4 Å². The fourth-order valence-electron chi connectivity index (χ4n) is 4.20. The number of aliphatic hydroxyl groups is 1. The second kappa shape index (κ2) is 12.1. The molecule has 7 nitrogen and oxygen atoms in total. The molecule has 2 heterocycles. The Morgan fingerprint density at radius 1 is 0.895 bits per heavy atom. The molecule has 0 radical (unpaired) electrons. The van der Waals surface area contributed by atoms with Crippen molar-refractivity contribution in [1.29, 1.82) is 0 Å². The Morgan fingerprint density at radius 3 is 2.42 bits per heavy atom. The SMILES string of the molecule is O=S(=O)(Nc1cccc([C@H]2O[C@@H](CSc3ccccn3)C[C@@H](c3ccc(CO)cc3)O2)c1)c1ccccc1. The van der Waals surface area contributed by atoms with Crippen LogP contribution in [0.25, 0.3) is 0 Å². The maximum atomic E-state index is 12.9. The molecule has 0 unspecified atom stereocenters. The van der Waals surface area contributed by atoms with Crippen molar-refractivity contribution in [1.82, 2.24) is 4.98 Å². The van der Waals surface area contributed by atoms with Gasteiger partial charge >= 0.3 is 0 Å². The van der Waals surface area contributed by atoms with Gasteiger partial charge in [-0.15, -0.1) is 11.8 Å². The van der Waals surface area contributed by atoms with Gasteiger partial charge in [0.1, 0.15) is 0 Å². The number of hydrogen-bond acceptors (Lipinski definition) is 7. The van der Waals surface area contributed by atoms with E-state index in [2.05, 4.69) is 9.71 Å². The van der Waals surface area contributed by atoms with E-state index in [1.165, 1.54) is 0 Å². The highest BCUT2D eigenvalue weighted by Crippen LogP contribution is 2.39. The summed E-state index contributed by atoms with van der Waals surface area (Å²) in [7, 11) is -3.73. The van der Waals surface area contributed by atoms with Gasteiger partial charge in [-0.3, -0.25) is 4.72 Å². The molecule has 2 N–H and O–H groups in total. The van der Waals surface area contributed by atoms with Crippen molar-refractivity contribution in [2.75, 3.05) is 10.5 Å². The van der Waals surface area contributed by atoms with Gasteiger partial charge in [-0.25, -0.2) is 13.4 Å². The van der Waals surface area contributed by atoms with E-state index in [1.54, 1.807) is 66.5 Å².